The zero-order chi connectivity index (χ0) is 19.3. The van der Waals surface area contributed by atoms with Crippen molar-refractivity contribution in [2.45, 2.75) is 31.7 Å². The summed E-state index contributed by atoms with van der Waals surface area (Å²) in [6, 6.07) is 5.08. The van der Waals surface area contributed by atoms with Gasteiger partial charge in [0.1, 0.15) is 5.75 Å². The largest absolute Gasteiger partial charge is 0.573 e. The SMILES string of the molecule is O=C(Nc1ccc(OC(F)(F)F)cc1)N1CCCC[C@H]1CN1CCOCC1. The van der Waals surface area contributed by atoms with E-state index in [1.165, 1.54) is 24.3 Å². The first-order valence-electron chi connectivity index (χ1n) is 9.14. The van der Waals surface area contributed by atoms with Gasteiger partial charge in [-0.1, -0.05) is 0 Å². The number of anilines is 1. The molecule has 0 bridgehead atoms. The minimum atomic E-state index is -4.73. The second-order valence-electron chi connectivity index (χ2n) is 6.76. The molecule has 1 atom stereocenters. The third-order valence-corrected chi connectivity index (χ3v) is 4.80. The first-order valence-corrected chi connectivity index (χ1v) is 9.14. The van der Waals surface area contributed by atoms with Crippen LogP contribution in [-0.4, -0.2) is 67.6 Å². The molecule has 0 aromatic heterocycles. The van der Waals surface area contributed by atoms with Crippen LogP contribution >= 0.6 is 0 Å². The number of hydrogen-bond acceptors (Lipinski definition) is 4. The molecule has 1 aromatic rings. The third-order valence-electron chi connectivity index (χ3n) is 4.80. The summed E-state index contributed by atoms with van der Waals surface area (Å²) in [6.45, 7) is 4.65. The summed E-state index contributed by atoms with van der Waals surface area (Å²) in [7, 11) is 0. The van der Waals surface area contributed by atoms with Crippen molar-refractivity contribution in [2.75, 3.05) is 44.7 Å². The fourth-order valence-corrected chi connectivity index (χ4v) is 3.47. The molecule has 2 heterocycles. The number of rotatable bonds is 4. The van der Waals surface area contributed by atoms with Crippen molar-refractivity contribution in [3.8, 4) is 5.75 Å². The molecule has 2 aliphatic heterocycles. The van der Waals surface area contributed by atoms with Gasteiger partial charge < -0.3 is 19.7 Å². The molecule has 2 aliphatic rings. The standard InChI is InChI=1S/C18H24F3N3O3/c19-18(20,21)27-16-6-4-14(5-7-16)22-17(25)24-8-2-1-3-15(24)13-23-9-11-26-12-10-23/h4-7,15H,1-3,8-13H2,(H,22,25)/t15-/m0/s1. The topological polar surface area (TPSA) is 54.0 Å². The molecule has 6 nitrogen and oxygen atoms in total. The van der Waals surface area contributed by atoms with Crippen molar-refractivity contribution < 1.29 is 27.4 Å². The third kappa shape index (κ3) is 6.00. The van der Waals surface area contributed by atoms with Crippen LogP contribution in [0.15, 0.2) is 24.3 Å². The molecule has 1 aromatic carbocycles. The van der Waals surface area contributed by atoms with E-state index in [-0.39, 0.29) is 17.8 Å². The number of morpholine rings is 1. The second-order valence-corrected chi connectivity index (χ2v) is 6.76. The number of benzene rings is 1. The summed E-state index contributed by atoms with van der Waals surface area (Å²) in [4.78, 5) is 16.8. The molecular weight excluding hydrogens is 363 g/mol. The van der Waals surface area contributed by atoms with Crippen molar-refractivity contribution in [2.24, 2.45) is 0 Å². The van der Waals surface area contributed by atoms with Gasteiger partial charge in [0, 0.05) is 37.9 Å². The highest BCUT2D eigenvalue weighted by atomic mass is 19.4. The van der Waals surface area contributed by atoms with E-state index in [1.807, 2.05) is 4.90 Å². The van der Waals surface area contributed by atoms with Crippen molar-refractivity contribution in [3.63, 3.8) is 0 Å². The lowest BCUT2D eigenvalue weighted by Gasteiger charge is -2.39. The lowest BCUT2D eigenvalue weighted by Crippen LogP contribution is -2.52. The number of halogens is 3. The highest BCUT2D eigenvalue weighted by Gasteiger charge is 2.31. The Morgan fingerprint density at radius 1 is 1.15 bits per heavy atom. The monoisotopic (exact) mass is 387 g/mol. The molecule has 0 aliphatic carbocycles. The summed E-state index contributed by atoms with van der Waals surface area (Å²) in [5, 5.41) is 2.78. The molecule has 2 amide bonds. The summed E-state index contributed by atoms with van der Waals surface area (Å²) < 4.78 is 45.9. The number of nitrogens with zero attached hydrogens (tertiary/aromatic N) is 2. The van der Waals surface area contributed by atoms with E-state index in [1.54, 1.807) is 0 Å². The highest BCUT2D eigenvalue weighted by molar-refractivity contribution is 5.89. The van der Waals surface area contributed by atoms with Crippen molar-refractivity contribution in [1.29, 1.82) is 0 Å². The lowest BCUT2D eigenvalue weighted by molar-refractivity contribution is -0.274. The number of carbonyl (C=O) groups is 1. The number of carbonyl (C=O) groups excluding carboxylic acids is 1. The van der Waals surface area contributed by atoms with Crippen molar-refractivity contribution >= 4 is 11.7 Å². The van der Waals surface area contributed by atoms with Crippen molar-refractivity contribution in [3.05, 3.63) is 24.3 Å². The number of likely N-dealkylation sites (tertiary alicyclic amines) is 1. The van der Waals surface area contributed by atoms with Gasteiger partial charge in [-0.15, -0.1) is 13.2 Å². The number of alkyl halides is 3. The summed E-state index contributed by atoms with van der Waals surface area (Å²) in [5.41, 5.74) is 0.435. The smallest absolute Gasteiger partial charge is 0.406 e. The molecule has 2 saturated heterocycles. The summed E-state index contributed by atoms with van der Waals surface area (Å²) in [5.74, 6) is -0.316. The van der Waals surface area contributed by atoms with E-state index in [4.69, 9.17) is 4.74 Å². The number of hydrogen-bond donors (Lipinski definition) is 1. The van der Waals surface area contributed by atoms with Crippen molar-refractivity contribution in [1.82, 2.24) is 9.80 Å². The minimum absolute atomic E-state index is 0.129. The molecule has 0 spiro atoms. The summed E-state index contributed by atoms with van der Waals surface area (Å²) in [6.07, 6.45) is -1.75. The Kier molecular flexibility index (Phi) is 6.43. The number of urea groups is 1. The van der Waals surface area contributed by atoms with Gasteiger partial charge in [-0.2, -0.15) is 0 Å². The maximum atomic E-state index is 12.7. The van der Waals surface area contributed by atoms with Gasteiger partial charge in [-0.3, -0.25) is 4.90 Å². The molecule has 0 unspecified atom stereocenters. The van der Waals surface area contributed by atoms with Crippen LogP contribution in [0.4, 0.5) is 23.7 Å². The minimum Gasteiger partial charge on any atom is -0.406 e. The lowest BCUT2D eigenvalue weighted by atomic mass is 10.0. The van der Waals surface area contributed by atoms with Crippen LogP contribution in [0.25, 0.3) is 0 Å². The molecule has 9 heteroatoms. The quantitative estimate of drug-likeness (QED) is 0.861. The maximum absolute atomic E-state index is 12.7. The first-order chi connectivity index (χ1) is 12.9. The average molecular weight is 387 g/mol. The predicted octanol–water partition coefficient (Wildman–Crippen LogP) is 3.30. The van der Waals surface area contributed by atoms with Crippen LogP contribution in [0.2, 0.25) is 0 Å². The maximum Gasteiger partial charge on any atom is 0.573 e. The van der Waals surface area contributed by atoms with Gasteiger partial charge in [0.25, 0.3) is 0 Å². The van der Waals surface area contributed by atoms with Gasteiger partial charge in [0.05, 0.1) is 13.2 Å². The van der Waals surface area contributed by atoms with Gasteiger partial charge in [0.15, 0.2) is 0 Å². The van der Waals surface area contributed by atoms with Gasteiger partial charge in [-0.25, -0.2) is 4.79 Å². The van der Waals surface area contributed by atoms with Crippen LogP contribution in [0.5, 0.6) is 5.75 Å². The Morgan fingerprint density at radius 2 is 1.85 bits per heavy atom. The Labute approximate surface area is 156 Å². The van der Waals surface area contributed by atoms with E-state index in [9.17, 15) is 18.0 Å². The Balaban J connectivity index is 1.57. The number of amides is 2. The molecular formula is C18H24F3N3O3. The van der Waals surface area contributed by atoms with E-state index >= 15 is 0 Å². The molecule has 3 rings (SSSR count). The van der Waals surface area contributed by atoms with Crippen LogP contribution in [0, 0.1) is 0 Å². The van der Waals surface area contributed by atoms with Crippen LogP contribution in [0.1, 0.15) is 19.3 Å². The molecule has 150 valence electrons. The molecule has 2 fully saturated rings. The zero-order valence-electron chi connectivity index (χ0n) is 15.0. The second kappa shape index (κ2) is 8.79. The van der Waals surface area contributed by atoms with Gasteiger partial charge in [0.2, 0.25) is 0 Å². The van der Waals surface area contributed by atoms with Gasteiger partial charge >= 0.3 is 12.4 Å². The van der Waals surface area contributed by atoms with E-state index in [0.29, 0.717) is 25.4 Å². The zero-order valence-corrected chi connectivity index (χ0v) is 15.0. The molecule has 0 radical (unpaired) electrons. The number of ether oxygens (including phenoxy) is 2. The molecule has 1 N–H and O–H groups in total. The number of piperidine rings is 1. The fourth-order valence-electron chi connectivity index (χ4n) is 3.47. The van der Waals surface area contributed by atoms with E-state index in [2.05, 4.69) is 15.0 Å². The van der Waals surface area contributed by atoms with E-state index < -0.39 is 6.36 Å². The normalized spacial score (nSPS) is 21.7. The average Bonchev–Trinajstić information content (AvgIpc) is 2.63. The Hall–Kier alpha value is -2.00. The number of nitrogens with one attached hydrogen (secondary N) is 1. The predicted molar refractivity (Wildman–Crippen MR) is 93.7 cm³/mol. The molecule has 0 saturated carbocycles. The Bertz CT molecular complexity index is 619. The summed E-state index contributed by atoms with van der Waals surface area (Å²) >= 11 is 0. The van der Waals surface area contributed by atoms with Crippen LogP contribution in [-0.2, 0) is 4.74 Å². The fraction of sp³-hybridized carbons (Fsp3) is 0.611. The highest BCUT2D eigenvalue weighted by Crippen LogP contribution is 2.25. The van der Waals surface area contributed by atoms with Crippen LogP contribution in [0.3, 0.4) is 0 Å². The van der Waals surface area contributed by atoms with Gasteiger partial charge in [-0.05, 0) is 43.5 Å². The Morgan fingerprint density at radius 3 is 2.52 bits per heavy atom. The van der Waals surface area contributed by atoms with Crippen LogP contribution < -0.4 is 10.1 Å². The molecule has 27 heavy (non-hydrogen) atoms. The first kappa shape index (κ1) is 19.8. The van der Waals surface area contributed by atoms with E-state index in [0.717, 1.165) is 38.9 Å².